The molecular formula is C7H12N2O3. The van der Waals surface area contributed by atoms with Crippen molar-refractivity contribution in [2.75, 3.05) is 19.7 Å². The molecule has 0 aliphatic carbocycles. The van der Waals surface area contributed by atoms with Gasteiger partial charge >= 0.3 is 5.97 Å². The number of esters is 1. The van der Waals surface area contributed by atoms with Crippen LogP contribution in [0.4, 0.5) is 0 Å². The molecule has 1 aliphatic heterocycles. The SMILES string of the molecule is CCOC(=O)CN1CCC(=O)N1. The van der Waals surface area contributed by atoms with Crippen LogP contribution in [-0.4, -0.2) is 36.6 Å². The van der Waals surface area contributed by atoms with Crippen LogP contribution in [0.2, 0.25) is 0 Å². The van der Waals surface area contributed by atoms with E-state index in [0.29, 0.717) is 19.6 Å². The third-order valence-electron chi connectivity index (χ3n) is 1.52. The maximum Gasteiger partial charge on any atom is 0.322 e. The molecule has 1 amide bonds. The highest BCUT2D eigenvalue weighted by Crippen LogP contribution is 1.97. The Morgan fingerprint density at radius 2 is 2.50 bits per heavy atom. The third kappa shape index (κ3) is 2.50. The van der Waals surface area contributed by atoms with Crippen molar-refractivity contribution in [2.45, 2.75) is 13.3 Å². The van der Waals surface area contributed by atoms with Crippen molar-refractivity contribution < 1.29 is 14.3 Å². The lowest BCUT2D eigenvalue weighted by Gasteiger charge is -2.12. The zero-order valence-electron chi connectivity index (χ0n) is 7.00. The molecule has 0 aromatic rings. The number of carbonyl (C=O) groups is 2. The Morgan fingerprint density at radius 1 is 1.75 bits per heavy atom. The molecule has 0 saturated carbocycles. The Labute approximate surface area is 70.6 Å². The first-order chi connectivity index (χ1) is 5.72. The molecule has 0 atom stereocenters. The topological polar surface area (TPSA) is 58.6 Å². The van der Waals surface area contributed by atoms with Crippen LogP contribution in [0.25, 0.3) is 0 Å². The molecule has 5 nitrogen and oxygen atoms in total. The van der Waals surface area contributed by atoms with Crippen LogP contribution in [0.1, 0.15) is 13.3 Å². The summed E-state index contributed by atoms with van der Waals surface area (Å²) in [7, 11) is 0. The van der Waals surface area contributed by atoms with Gasteiger partial charge in [0.2, 0.25) is 5.91 Å². The fourth-order valence-electron chi connectivity index (χ4n) is 1.01. The first kappa shape index (κ1) is 8.99. The van der Waals surface area contributed by atoms with Gasteiger partial charge in [-0.2, -0.15) is 0 Å². The average molecular weight is 172 g/mol. The predicted molar refractivity (Wildman–Crippen MR) is 41.0 cm³/mol. The van der Waals surface area contributed by atoms with Gasteiger partial charge in [0.25, 0.3) is 0 Å². The standard InChI is InChI=1S/C7H12N2O3/c1-2-12-7(11)5-9-4-3-6(10)8-9/h2-5H2,1H3,(H,8,10). The molecule has 0 aromatic carbocycles. The van der Waals surface area contributed by atoms with Gasteiger partial charge in [0.1, 0.15) is 6.54 Å². The molecule has 1 heterocycles. The Kier molecular flexibility index (Phi) is 3.04. The lowest BCUT2D eigenvalue weighted by atomic mass is 10.4. The highest BCUT2D eigenvalue weighted by atomic mass is 16.5. The van der Waals surface area contributed by atoms with Crippen molar-refractivity contribution in [1.29, 1.82) is 0 Å². The summed E-state index contributed by atoms with van der Waals surface area (Å²) >= 11 is 0. The molecule has 1 rings (SSSR count). The smallest absolute Gasteiger partial charge is 0.322 e. The second-order valence-electron chi connectivity index (χ2n) is 2.51. The van der Waals surface area contributed by atoms with Crippen molar-refractivity contribution in [3.63, 3.8) is 0 Å². The minimum absolute atomic E-state index is 0.0423. The van der Waals surface area contributed by atoms with E-state index in [1.165, 1.54) is 0 Å². The van der Waals surface area contributed by atoms with Gasteiger partial charge in [-0.3, -0.25) is 15.0 Å². The van der Waals surface area contributed by atoms with Crippen LogP contribution >= 0.6 is 0 Å². The van der Waals surface area contributed by atoms with Gasteiger partial charge in [-0.25, -0.2) is 5.01 Å². The van der Waals surface area contributed by atoms with E-state index in [1.54, 1.807) is 11.9 Å². The van der Waals surface area contributed by atoms with Gasteiger partial charge in [0, 0.05) is 13.0 Å². The summed E-state index contributed by atoms with van der Waals surface area (Å²) in [5, 5.41) is 1.56. The van der Waals surface area contributed by atoms with Crippen LogP contribution < -0.4 is 5.43 Å². The lowest BCUT2D eigenvalue weighted by molar-refractivity contribution is -0.144. The van der Waals surface area contributed by atoms with Gasteiger partial charge in [-0.05, 0) is 6.92 Å². The number of nitrogens with zero attached hydrogens (tertiary/aromatic N) is 1. The van der Waals surface area contributed by atoms with Gasteiger partial charge in [0.05, 0.1) is 6.61 Å². The molecule has 1 fully saturated rings. The summed E-state index contributed by atoms with van der Waals surface area (Å²) in [5.74, 6) is -0.348. The second-order valence-corrected chi connectivity index (χ2v) is 2.51. The number of hydrogen-bond acceptors (Lipinski definition) is 4. The van der Waals surface area contributed by atoms with Crippen molar-refractivity contribution in [1.82, 2.24) is 10.4 Å². The van der Waals surface area contributed by atoms with E-state index in [9.17, 15) is 9.59 Å². The minimum atomic E-state index is -0.306. The summed E-state index contributed by atoms with van der Waals surface area (Å²) < 4.78 is 4.71. The maximum absolute atomic E-state index is 10.9. The van der Waals surface area contributed by atoms with Gasteiger partial charge in [-0.1, -0.05) is 0 Å². The van der Waals surface area contributed by atoms with Crippen LogP contribution in [0.15, 0.2) is 0 Å². The average Bonchev–Trinajstić information content (AvgIpc) is 2.36. The summed E-state index contributed by atoms with van der Waals surface area (Å²) in [4.78, 5) is 21.6. The Balaban J connectivity index is 2.23. The molecule has 0 aromatic heterocycles. The Bertz CT molecular complexity index is 193. The number of ether oxygens (including phenoxy) is 1. The summed E-state index contributed by atoms with van der Waals surface area (Å²) in [6, 6.07) is 0. The second kappa shape index (κ2) is 4.06. The number of carbonyl (C=O) groups excluding carboxylic acids is 2. The van der Waals surface area contributed by atoms with Gasteiger partial charge in [0.15, 0.2) is 0 Å². The molecule has 68 valence electrons. The summed E-state index contributed by atoms with van der Waals surface area (Å²) in [6.45, 7) is 2.85. The molecule has 5 heteroatoms. The van der Waals surface area contributed by atoms with E-state index < -0.39 is 0 Å². The first-order valence-corrected chi connectivity index (χ1v) is 3.92. The number of nitrogens with one attached hydrogen (secondary N) is 1. The van der Waals surface area contributed by atoms with E-state index in [4.69, 9.17) is 4.74 Å². The van der Waals surface area contributed by atoms with Crippen LogP contribution in [0, 0.1) is 0 Å². The zero-order chi connectivity index (χ0) is 8.97. The monoisotopic (exact) mass is 172 g/mol. The molecular weight excluding hydrogens is 160 g/mol. The third-order valence-corrected chi connectivity index (χ3v) is 1.52. The van der Waals surface area contributed by atoms with Crippen molar-refractivity contribution in [3.05, 3.63) is 0 Å². The number of rotatable bonds is 3. The van der Waals surface area contributed by atoms with E-state index in [0.717, 1.165) is 0 Å². The summed E-state index contributed by atoms with van der Waals surface area (Å²) in [5.41, 5.74) is 2.54. The van der Waals surface area contributed by atoms with E-state index in [2.05, 4.69) is 5.43 Å². The molecule has 0 bridgehead atoms. The van der Waals surface area contributed by atoms with Crippen molar-refractivity contribution in [2.24, 2.45) is 0 Å². The van der Waals surface area contributed by atoms with E-state index in [1.807, 2.05) is 0 Å². The Morgan fingerprint density at radius 3 is 3.00 bits per heavy atom. The van der Waals surface area contributed by atoms with Gasteiger partial charge < -0.3 is 4.74 Å². The van der Waals surface area contributed by atoms with E-state index >= 15 is 0 Å². The fraction of sp³-hybridized carbons (Fsp3) is 0.714. The number of amides is 1. The van der Waals surface area contributed by atoms with Crippen molar-refractivity contribution >= 4 is 11.9 Å². The predicted octanol–water partition coefficient (Wildman–Crippen LogP) is -0.714. The molecule has 0 radical (unpaired) electrons. The highest BCUT2D eigenvalue weighted by molar-refractivity contribution is 5.79. The minimum Gasteiger partial charge on any atom is -0.465 e. The molecule has 1 N–H and O–H groups in total. The normalized spacial score (nSPS) is 17.6. The molecule has 1 saturated heterocycles. The molecule has 0 unspecified atom stereocenters. The summed E-state index contributed by atoms with van der Waals surface area (Å²) in [6.07, 6.45) is 0.458. The van der Waals surface area contributed by atoms with Crippen LogP contribution in [0.5, 0.6) is 0 Å². The largest absolute Gasteiger partial charge is 0.465 e. The quantitative estimate of drug-likeness (QED) is 0.571. The van der Waals surface area contributed by atoms with Gasteiger partial charge in [-0.15, -0.1) is 0 Å². The molecule has 1 aliphatic rings. The van der Waals surface area contributed by atoms with E-state index in [-0.39, 0.29) is 18.4 Å². The number of hydrazine groups is 1. The first-order valence-electron chi connectivity index (χ1n) is 3.92. The molecule has 0 spiro atoms. The number of hydrogen-bond donors (Lipinski definition) is 1. The lowest BCUT2D eigenvalue weighted by Crippen LogP contribution is -2.37. The zero-order valence-corrected chi connectivity index (χ0v) is 7.00. The Hall–Kier alpha value is -1.10. The van der Waals surface area contributed by atoms with Crippen LogP contribution in [-0.2, 0) is 14.3 Å². The van der Waals surface area contributed by atoms with Crippen LogP contribution in [0.3, 0.4) is 0 Å². The van der Waals surface area contributed by atoms with Crippen molar-refractivity contribution in [3.8, 4) is 0 Å². The molecule has 12 heavy (non-hydrogen) atoms. The fourth-order valence-corrected chi connectivity index (χ4v) is 1.01. The maximum atomic E-state index is 10.9. The highest BCUT2D eigenvalue weighted by Gasteiger charge is 2.20.